The Hall–Kier alpha value is -1.16. The highest BCUT2D eigenvalue weighted by atomic mass is 31.2. The molecule has 0 aliphatic carbocycles. The van der Waals surface area contributed by atoms with E-state index < -0.39 is 13.1 Å². The summed E-state index contributed by atoms with van der Waals surface area (Å²) in [7, 11) is -3.22. The van der Waals surface area contributed by atoms with E-state index in [4.69, 9.17) is 14.5 Å². The van der Waals surface area contributed by atoms with Crippen LogP contribution in [0.5, 0.6) is 5.75 Å². The normalized spacial score (nSPS) is 11.1. The van der Waals surface area contributed by atoms with Gasteiger partial charge in [0, 0.05) is 5.56 Å². The van der Waals surface area contributed by atoms with Crippen molar-refractivity contribution in [3.8, 4) is 5.75 Å². The fourth-order valence-corrected chi connectivity index (χ4v) is 1.39. The standard InChI is InChI=1S/C8H9O5P/c1-13-7-4-2-6(3-5-7)8(9)14(10,11)12/h2-5H,1H3,(H2,10,11,12). The average molecular weight is 216 g/mol. The molecule has 1 aromatic rings. The highest BCUT2D eigenvalue weighted by Gasteiger charge is 2.26. The maximum Gasteiger partial charge on any atom is 0.396 e. The molecule has 0 aromatic heterocycles. The van der Waals surface area contributed by atoms with Crippen LogP contribution >= 0.6 is 7.60 Å². The van der Waals surface area contributed by atoms with E-state index in [1.54, 1.807) is 0 Å². The Bertz CT molecular complexity index is 377. The van der Waals surface area contributed by atoms with Gasteiger partial charge in [0.15, 0.2) is 0 Å². The minimum atomic E-state index is -4.68. The van der Waals surface area contributed by atoms with Crippen molar-refractivity contribution >= 4 is 13.1 Å². The average Bonchev–Trinajstić information content (AvgIpc) is 2.15. The quantitative estimate of drug-likeness (QED) is 0.736. The first kappa shape index (κ1) is 10.9. The Kier molecular flexibility index (Phi) is 3.06. The molecule has 2 N–H and O–H groups in total. The summed E-state index contributed by atoms with van der Waals surface area (Å²) in [5.41, 5.74) is -1.21. The Morgan fingerprint density at radius 2 is 1.79 bits per heavy atom. The lowest BCUT2D eigenvalue weighted by atomic mass is 10.2. The van der Waals surface area contributed by atoms with E-state index in [0.29, 0.717) is 5.75 Å². The van der Waals surface area contributed by atoms with Gasteiger partial charge >= 0.3 is 7.60 Å². The maximum absolute atomic E-state index is 11.1. The SMILES string of the molecule is COc1ccc(C(=O)P(=O)(O)O)cc1. The Balaban J connectivity index is 2.99. The lowest BCUT2D eigenvalue weighted by Gasteiger charge is -2.03. The molecule has 0 atom stereocenters. The molecule has 0 bridgehead atoms. The molecule has 14 heavy (non-hydrogen) atoms. The number of hydrogen-bond donors (Lipinski definition) is 2. The summed E-state index contributed by atoms with van der Waals surface area (Å²) in [5.74, 6) is 0.521. The summed E-state index contributed by atoms with van der Waals surface area (Å²) in [5, 5.41) is 0. The van der Waals surface area contributed by atoms with Crippen LogP contribution in [0.4, 0.5) is 0 Å². The minimum absolute atomic E-state index is 0.0286. The molecular weight excluding hydrogens is 207 g/mol. The van der Waals surface area contributed by atoms with Gasteiger partial charge in [0.2, 0.25) is 0 Å². The molecule has 0 saturated carbocycles. The summed E-state index contributed by atoms with van der Waals surface area (Å²) in [4.78, 5) is 28.3. The number of rotatable bonds is 3. The lowest BCUT2D eigenvalue weighted by Crippen LogP contribution is -1.99. The molecule has 6 heteroatoms. The van der Waals surface area contributed by atoms with E-state index in [1.807, 2.05) is 0 Å². The zero-order valence-electron chi connectivity index (χ0n) is 7.38. The number of benzene rings is 1. The molecule has 0 saturated heterocycles. The summed E-state index contributed by atoms with van der Waals surface area (Å²) in [6.45, 7) is 0. The molecule has 5 nitrogen and oxygen atoms in total. The van der Waals surface area contributed by atoms with Gasteiger partial charge in [-0.3, -0.25) is 9.36 Å². The van der Waals surface area contributed by atoms with Crippen molar-refractivity contribution in [3.05, 3.63) is 29.8 Å². The van der Waals surface area contributed by atoms with E-state index in [1.165, 1.54) is 31.4 Å². The summed E-state index contributed by atoms with van der Waals surface area (Å²) in [6, 6.07) is 5.53. The molecular formula is C8H9O5P. The Labute approximate surface area is 80.5 Å². The monoisotopic (exact) mass is 216 g/mol. The second kappa shape index (κ2) is 3.92. The molecule has 0 aliphatic rings. The fraction of sp³-hybridized carbons (Fsp3) is 0.125. The van der Waals surface area contributed by atoms with Gasteiger partial charge in [-0.2, -0.15) is 0 Å². The zero-order valence-corrected chi connectivity index (χ0v) is 8.27. The molecule has 0 heterocycles. The van der Waals surface area contributed by atoms with Gasteiger partial charge < -0.3 is 14.5 Å². The highest BCUT2D eigenvalue weighted by molar-refractivity contribution is 7.70. The van der Waals surface area contributed by atoms with Crippen LogP contribution in [0, 0.1) is 0 Å². The van der Waals surface area contributed by atoms with Crippen LogP contribution in [0.1, 0.15) is 10.4 Å². The number of carbonyl (C=O) groups is 1. The van der Waals surface area contributed by atoms with Crippen LogP contribution < -0.4 is 4.74 Å². The Morgan fingerprint density at radius 3 is 2.14 bits per heavy atom. The molecule has 76 valence electrons. The number of carbonyl (C=O) groups excluding carboxylic acids is 1. The zero-order chi connectivity index (χ0) is 10.8. The summed E-state index contributed by atoms with van der Waals surface area (Å²) >= 11 is 0. The Morgan fingerprint density at radius 1 is 1.29 bits per heavy atom. The van der Waals surface area contributed by atoms with Crippen LogP contribution in [0.15, 0.2) is 24.3 Å². The van der Waals surface area contributed by atoms with Gasteiger partial charge in [-0.25, -0.2) is 0 Å². The maximum atomic E-state index is 11.1. The van der Waals surface area contributed by atoms with E-state index in [2.05, 4.69) is 0 Å². The first-order chi connectivity index (χ1) is 6.45. The second-order valence-electron chi connectivity index (χ2n) is 2.58. The smallest absolute Gasteiger partial charge is 0.396 e. The van der Waals surface area contributed by atoms with Crippen LogP contribution in [0.25, 0.3) is 0 Å². The van der Waals surface area contributed by atoms with Crippen molar-refractivity contribution in [2.24, 2.45) is 0 Å². The van der Waals surface area contributed by atoms with Gasteiger partial charge in [-0.15, -0.1) is 0 Å². The van der Waals surface area contributed by atoms with Gasteiger partial charge in [-0.1, -0.05) is 0 Å². The molecule has 0 unspecified atom stereocenters. The van der Waals surface area contributed by atoms with Gasteiger partial charge in [0.1, 0.15) is 5.75 Å². The van der Waals surface area contributed by atoms with E-state index in [9.17, 15) is 9.36 Å². The van der Waals surface area contributed by atoms with Gasteiger partial charge in [0.25, 0.3) is 5.52 Å². The number of ether oxygens (including phenoxy) is 1. The van der Waals surface area contributed by atoms with Gasteiger partial charge in [0.05, 0.1) is 7.11 Å². The first-order valence-electron chi connectivity index (χ1n) is 3.69. The predicted molar refractivity (Wildman–Crippen MR) is 49.4 cm³/mol. The second-order valence-corrected chi connectivity index (χ2v) is 4.07. The lowest BCUT2D eigenvalue weighted by molar-refractivity contribution is 0.104. The van der Waals surface area contributed by atoms with E-state index in [0.717, 1.165) is 0 Å². The molecule has 0 radical (unpaired) electrons. The van der Waals surface area contributed by atoms with Crippen molar-refractivity contribution in [2.45, 2.75) is 0 Å². The third-order valence-electron chi connectivity index (χ3n) is 1.60. The molecule has 1 rings (SSSR count). The minimum Gasteiger partial charge on any atom is -0.497 e. The molecule has 0 aliphatic heterocycles. The van der Waals surface area contributed by atoms with Crippen molar-refractivity contribution in [1.29, 1.82) is 0 Å². The largest absolute Gasteiger partial charge is 0.497 e. The van der Waals surface area contributed by atoms with Gasteiger partial charge in [-0.05, 0) is 24.3 Å². The fourth-order valence-electron chi connectivity index (χ4n) is 0.902. The van der Waals surface area contributed by atoms with Crippen molar-refractivity contribution in [1.82, 2.24) is 0 Å². The summed E-state index contributed by atoms with van der Waals surface area (Å²) in [6.07, 6.45) is 0. The third kappa shape index (κ3) is 2.42. The molecule has 0 spiro atoms. The first-order valence-corrected chi connectivity index (χ1v) is 5.31. The van der Waals surface area contributed by atoms with Crippen LogP contribution in [0.3, 0.4) is 0 Å². The topological polar surface area (TPSA) is 83.8 Å². The van der Waals surface area contributed by atoms with Crippen molar-refractivity contribution in [2.75, 3.05) is 7.11 Å². The summed E-state index contributed by atoms with van der Waals surface area (Å²) < 4.78 is 15.4. The molecule has 0 fully saturated rings. The molecule has 1 aromatic carbocycles. The van der Waals surface area contributed by atoms with Crippen LogP contribution in [0.2, 0.25) is 0 Å². The predicted octanol–water partition coefficient (Wildman–Crippen LogP) is 1.01. The highest BCUT2D eigenvalue weighted by Crippen LogP contribution is 2.39. The van der Waals surface area contributed by atoms with Crippen molar-refractivity contribution < 1.29 is 23.9 Å². The van der Waals surface area contributed by atoms with Crippen LogP contribution in [-0.4, -0.2) is 22.4 Å². The number of hydrogen-bond acceptors (Lipinski definition) is 3. The number of methoxy groups -OCH3 is 1. The van der Waals surface area contributed by atoms with Crippen LogP contribution in [-0.2, 0) is 4.57 Å². The van der Waals surface area contributed by atoms with E-state index in [-0.39, 0.29) is 5.56 Å². The molecule has 0 amide bonds. The van der Waals surface area contributed by atoms with Crippen molar-refractivity contribution in [3.63, 3.8) is 0 Å². The van der Waals surface area contributed by atoms with E-state index >= 15 is 0 Å². The third-order valence-corrected chi connectivity index (χ3v) is 2.39.